The molecule has 4 aromatic carbocycles. The third-order valence-corrected chi connectivity index (χ3v) is 19.3. The third-order valence-electron chi connectivity index (χ3n) is 19.3. The molecular formula is C82H79F3N18O8. The molecule has 4 amide bonds. The largest absolute Gasteiger partial charge is 0.480 e. The number of nitrogens with zero attached hydrogens (tertiary/aromatic N) is 14. The van der Waals surface area contributed by atoms with E-state index in [1.807, 2.05) is 113 Å². The number of aromatic nitrogens is 14. The number of benzene rings is 4. The maximum Gasteiger partial charge on any atom is 0.417 e. The second kappa shape index (κ2) is 32.9. The fourth-order valence-electron chi connectivity index (χ4n) is 12.3. The van der Waals surface area contributed by atoms with Gasteiger partial charge in [0.25, 0.3) is 23.6 Å². The summed E-state index contributed by atoms with van der Waals surface area (Å²) in [6.45, 7) is 9.48. The first kappa shape index (κ1) is 74.9. The molecule has 0 spiro atoms. The molecule has 17 rings (SSSR count). The average molecular weight is 1500 g/mol. The Kier molecular flexibility index (Phi) is 22.2. The van der Waals surface area contributed by atoms with Gasteiger partial charge in [0.1, 0.15) is 0 Å². The highest BCUT2D eigenvalue weighted by molar-refractivity contribution is 5.98. The fourth-order valence-corrected chi connectivity index (χ4v) is 12.3. The first-order valence-corrected chi connectivity index (χ1v) is 36.5. The lowest BCUT2D eigenvalue weighted by Crippen LogP contribution is -2.25. The van der Waals surface area contributed by atoms with Crippen molar-refractivity contribution in [1.82, 2.24) is 90.3 Å². The number of ether oxygens (including phenoxy) is 2. The highest BCUT2D eigenvalue weighted by Gasteiger charge is 2.32. The minimum Gasteiger partial charge on any atom is -0.480 e. The summed E-state index contributed by atoms with van der Waals surface area (Å²) < 4.78 is 55.6. The molecule has 5 N–H and O–H groups in total. The van der Waals surface area contributed by atoms with Crippen molar-refractivity contribution < 1.29 is 51.7 Å². The van der Waals surface area contributed by atoms with Crippen LogP contribution in [0.1, 0.15) is 155 Å². The lowest BCUT2D eigenvalue weighted by molar-refractivity contribution is -0.137. The van der Waals surface area contributed by atoms with Crippen molar-refractivity contribution in [3.63, 3.8) is 0 Å². The van der Waals surface area contributed by atoms with Crippen LogP contribution in [0.3, 0.4) is 0 Å². The zero-order valence-electron chi connectivity index (χ0n) is 61.4. The van der Waals surface area contributed by atoms with E-state index in [1.54, 1.807) is 89.1 Å². The predicted octanol–water partition coefficient (Wildman–Crippen LogP) is 12.9. The number of hydrogen-bond acceptors (Lipinski definition) is 17. The molecule has 4 saturated carbocycles. The van der Waals surface area contributed by atoms with Gasteiger partial charge >= 0.3 is 12.1 Å². The summed E-state index contributed by atoms with van der Waals surface area (Å²) in [7, 11) is 1.55. The molecule has 0 unspecified atom stereocenters. The van der Waals surface area contributed by atoms with Crippen LogP contribution in [0.4, 0.5) is 13.2 Å². The van der Waals surface area contributed by atoms with E-state index in [-0.39, 0.29) is 40.9 Å². The van der Waals surface area contributed by atoms with Crippen molar-refractivity contribution in [1.29, 1.82) is 0 Å². The molecule has 12 aromatic rings. The molecule has 5 fully saturated rings. The smallest absolute Gasteiger partial charge is 0.417 e. The molecule has 29 heteroatoms. The van der Waals surface area contributed by atoms with Crippen molar-refractivity contribution in [2.45, 2.75) is 128 Å². The van der Waals surface area contributed by atoms with Gasteiger partial charge in [0.2, 0.25) is 5.88 Å². The lowest BCUT2D eigenvalue weighted by Gasteiger charge is -2.21. The topological polar surface area (TPSA) is 321 Å². The number of methoxy groups -OCH3 is 1. The van der Waals surface area contributed by atoms with Gasteiger partial charge in [0, 0.05) is 131 Å². The molecule has 566 valence electrons. The van der Waals surface area contributed by atoms with Crippen LogP contribution in [0.25, 0.3) is 67.5 Å². The van der Waals surface area contributed by atoms with E-state index in [0.717, 1.165) is 157 Å². The van der Waals surface area contributed by atoms with Crippen LogP contribution in [-0.2, 0) is 10.9 Å². The molecule has 9 heterocycles. The number of halogens is 3. The summed E-state index contributed by atoms with van der Waals surface area (Å²) in [5.41, 5.74) is 14.7. The minimum atomic E-state index is -4.47. The number of rotatable bonds is 19. The van der Waals surface area contributed by atoms with Crippen molar-refractivity contribution in [3.8, 4) is 73.4 Å². The molecule has 0 atom stereocenters. The molecule has 5 aliphatic rings. The van der Waals surface area contributed by atoms with Crippen LogP contribution < -0.4 is 26.0 Å². The number of amides is 4. The van der Waals surface area contributed by atoms with Gasteiger partial charge in [-0.05, 0) is 197 Å². The Labute approximate surface area is 636 Å². The first-order valence-electron chi connectivity index (χ1n) is 36.5. The molecular weight excluding hydrogens is 1420 g/mol. The number of carboxylic acids is 1. The Hall–Kier alpha value is -12.9. The van der Waals surface area contributed by atoms with Crippen LogP contribution in [0.2, 0.25) is 0 Å². The zero-order valence-corrected chi connectivity index (χ0v) is 61.4. The standard InChI is InChI=1S/C23H25N5O2.C20H17F3N4O.C20H18N4O3.C19H19N5O2/c1-15-2-3-17(23(29)26-19-4-5-19)10-20(15)18-11-25-28(14-18)22-13-24-12-21(27-22)16-6-8-30-9-7-16;1-12-2-3-13(19(28)26-16-4-5-16)6-18(12)14-8-25-27(11-14)17-7-15(9-24-10-17)20(21,22)23;1-12-2-3-13(19(25)23-16-4-5-16)7-18(12)15-9-22-24(11-15)17-6-14(20(26)27)8-21-10-17;1-12-3-4-13(19(25)22-15-5-6-15)7-16(12)14-8-21-24(11-14)17-9-20-10-18(23-17)26-2/h2-3,10-14,16,19H,4-9H2,1H3,(H,26,29);2-3,6-11,16H,4-5H2,1H3,(H,26,28);2-3,6-11,16H,4-5H2,1H3,(H,23,25)(H,26,27);3-4,7-11,15H,5-6H2,1-2H3,(H,22,25). The summed E-state index contributed by atoms with van der Waals surface area (Å²) in [6.07, 6.45) is 31.6. The van der Waals surface area contributed by atoms with E-state index >= 15 is 0 Å². The maximum absolute atomic E-state index is 12.9. The second-order valence-corrected chi connectivity index (χ2v) is 28.1. The predicted molar refractivity (Wildman–Crippen MR) is 405 cm³/mol. The van der Waals surface area contributed by atoms with Gasteiger partial charge in [-0.15, -0.1) is 0 Å². The molecule has 1 aliphatic heterocycles. The van der Waals surface area contributed by atoms with Gasteiger partial charge in [-0.2, -0.15) is 38.5 Å². The second-order valence-electron chi connectivity index (χ2n) is 28.1. The number of carboxylic acid groups (broad SMARTS) is 1. The number of pyridine rings is 2. The van der Waals surface area contributed by atoms with Gasteiger partial charge in [-0.1, -0.05) is 24.3 Å². The quantitative estimate of drug-likeness (QED) is 0.0502. The van der Waals surface area contributed by atoms with Crippen LogP contribution in [0.15, 0.2) is 184 Å². The van der Waals surface area contributed by atoms with Gasteiger partial charge < -0.3 is 35.8 Å². The molecule has 111 heavy (non-hydrogen) atoms. The monoisotopic (exact) mass is 1500 g/mol. The molecule has 0 bridgehead atoms. The van der Waals surface area contributed by atoms with E-state index in [9.17, 15) is 37.1 Å². The van der Waals surface area contributed by atoms with Crippen molar-refractivity contribution >= 4 is 29.6 Å². The summed E-state index contributed by atoms with van der Waals surface area (Å²) in [5, 5.41) is 38.5. The lowest BCUT2D eigenvalue weighted by atomic mass is 9.97. The van der Waals surface area contributed by atoms with Gasteiger partial charge in [-0.3, -0.25) is 39.1 Å². The van der Waals surface area contributed by atoms with E-state index in [2.05, 4.69) is 66.6 Å². The summed E-state index contributed by atoms with van der Waals surface area (Å²) in [4.78, 5) is 85.8. The molecule has 8 aromatic heterocycles. The molecule has 4 aliphatic carbocycles. The van der Waals surface area contributed by atoms with Crippen LogP contribution in [0, 0.1) is 27.7 Å². The Morgan fingerprint density at radius 2 is 0.784 bits per heavy atom. The number of carbonyl (C=O) groups excluding carboxylic acids is 4. The minimum absolute atomic E-state index is 0.0128. The van der Waals surface area contributed by atoms with Crippen molar-refractivity contribution in [2.24, 2.45) is 0 Å². The van der Waals surface area contributed by atoms with Crippen molar-refractivity contribution in [2.75, 3.05) is 20.3 Å². The third kappa shape index (κ3) is 19.0. The molecule has 26 nitrogen and oxygen atoms in total. The average Bonchev–Trinajstić information content (AvgIpc) is 1.70. The van der Waals surface area contributed by atoms with Crippen LogP contribution in [-0.4, -0.2) is 148 Å². The first-order chi connectivity index (χ1) is 53.6. The zero-order chi connectivity index (χ0) is 77.5. The molecule has 0 radical (unpaired) electrons. The highest BCUT2D eigenvalue weighted by Crippen LogP contribution is 2.34. The van der Waals surface area contributed by atoms with Crippen molar-refractivity contribution in [3.05, 3.63) is 245 Å². The normalized spacial score (nSPS) is 14.6. The Balaban J connectivity index is 0.000000123. The summed E-state index contributed by atoms with van der Waals surface area (Å²) in [6, 6.07) is 26.3. The Bertz CT molecular complexity index is 5440. The van der Waals surface area contributed by atoms with Gasteiger partial charge in [0.05, 0.1) is 91.1 Å². The van der Waals surface area contributed by atoms with Crippen LogP contribution in [0.5, 0.6) is 5.88 Å². The summed E-state index contributed by atoms with van der Waals surface area (Å²) in [5.74, 6) is 0.798. The Morgan fingerprint density at radius 1 is 0.423 bits per heavy atom. The highest BCUT2D eigenvalue weighted by atomic mass is 19.4. The number of hydrogen-bond donors (Lipinski definition) is 5. The van der Waals surface area contributed by atoms with E-state index in [1.165, 1.54) is 23.1 Å². The number of nitrogens with one attached hydrogen (secondary N) is 4. The SMILES string of the molecule is COc1cncc(-n2cc(-c3cc(C(=O)NC4CC4)ccc3C)cn2)n1.Cc1ccc(C(=O)NC2CC2)cc1-c1cnn(-c2cncc(C(=O)O)c2)c1.Cc1ccc(C(=O)NC2CC2)cc1-c1cnn(-c2cncc(C(F)(F)F)c2)c1.Cc1ccc(C(=O)NC2CC2)cc1-c1cnn(-c2cncc(C3CCOCC3)n2)c1. The van der Waals surface area contributed by atoms with E-state index < -0.39 is 17.7 Å². The molecule has 1 saturated heterocycles. The van der Waals surface area contributed by atoms with E-state index in [4.69, 9.17) is 19.6 Å². The van der Waals surface area contributed by atoms with Gasteiger partial charge in [0.15, 0.2) is 11.6 Å². The number of aryl methyl sites for hydroxylation is 4. The van der Waals surface area contributed by atoms with E-state index in [0.29, 0.717) is 75.1 Å². The maximum atomic E-state index is 12.9. The Morgan fingerprint density at radius 3 is 1.17 bits per heavy atom. The van der Waals surface area contributed by atoms with Gasteiger partial charge in [-0.25, -0.2) is 28.5 Å². The number of alkyl halides is 3. The summed E-state index contributed by atoms with van der Waals surface area (Å²) >= 11 is 0. The number of carbonyl (C=O) groups is 5. The number of aromatic carboxylic acids is 1. The van der Waals surface area contributed by atoms with Crippen LogP contribution >= 0.6 is 0 Å². The fraction of sp³-hybridized carbons (Fsp3) is 0.280.